The van der Waals surface area contributed by atoms with Gasteiger partial charge in [-0.1, -0.05) is 49.2 Å². The van der Waals surface area contributed by atoms with Gasteiger partial charge in [-0.3, -0.25) is 14.7 Å². The van der Waals surface area contributed by atoms with E-state index in [0.717, 1.165) is 80.2 Å². The van der Waals surface area contributed by atoms with Crippen molar-refractivity contribution in [2.75, 3.05) is 13.1 Å². The quantitative estimate of drug-likeness (QED) is 0.610. The van der Waals surface area contributed by atoms with E-state index in [2.05, 4.69) is 47.4 Å². The summed E-state index contributed by atoms with van der Waals surface area (Å²) in [6, 6.07) is 17.1. The summed E-state index contributed by atoms with van der Waals surface area (Å²) < 4.78 is 0. The Bertz CT molecular complexity index is 1190. The number of amides is 1. The van der Waals surface area contributed by atoms with Crippen LogP contribution in [0.2, 0.25) is 0 Å². The first-order valence-corrected chi connectivity index (χ1v) is 12.8. The number of rotatable bonds is 4. The molecule has 1 saturated carbocycles. The molecule has 1 saturated heterocycles. The van der Waals surface area contributed by atoms with Gasteiger partial charge >= 0.3 is 0 Å². The van der Waals surface area contributed by atoms with Gasteiger partial charge < -0.3 is 10.0 Å². The number of carbonyl (C=O) groups excluding carboxylic acids is 1. The van der Waals surface area contributed by atoms with E-state index in [9.17, 15) is 9.90 Å². The number of aliphatic hydroxyl groups is 1. The fourth-order valence-electron chi connectivity index (χ4n) is 6.36. The predicted octanol–water partition coefficient (Wildman–Crippen LogP) is 4.87. The van der Waals surface area contributed by atoms with Gasteiger partial charge in [-0.2, -0.15) is 0 Å². The smallest absolute Gasteiger partial charge is 0.254 e. The van der Waals surface area contributed by atoms with Crippen molar-refractivity contribution in [1.29, 1.82) is 0 Å². The lowest BCUT2D eigenvalue weighted by molar-refractivity contribution is 0.0192. The molecule has 0 spiro atoms. The summed E-state index contributed by atoms with van der Waals surface area (Å²) in [5.74, 6) is 0.700. The van der Waals surface area contributed by atoms with Gasteiger partial charge in [0.05, 0.1) is 17.7 Å². The van der Waals surface area contributed by atoms with Crippen LogP contribution in [0, 0.1) is 0 Å². The average Bonchev–Trinajstić information content (AvgIpc) is 3.21. The monoisotopic (exact) mass is 455 g/mol. The molecule has 5 nitrogen and oxygen atoms in total. The van der Waals surface area contributed by atoms with Crippen molar-refractivity contribution < 1.29 is 9.90 Å². The summed E-state index contributed by atoms with van der Waals surface area (Å²) in [6.45, 7) is 3.53. The van der Waals surface area contributed by atoms with E-state index in [-0.39, 0.29) is 11.9 Å². The Morgan fingerprint density at radius 1 is 0.971 bits per heavy atom. The number of piperidine rings is 1. The molecule has 2 atom stereocenters. The van der Waals surface area contributed by atoms with Gasteiger partial charge in [0, 0.05) is 35.8 Å². The Kier molecular flexibility index (Phi) is 5.84. The van der Waals surface area contributed by atoms with Crippen molar-refractivity contribution in [2.24, 2.45) is 0 Å². The van der Waals surface area contributed by atoms with Crippen molar-refractivity contribution in [3.05, 3.63) is 77.0 Å². The van der Waals surface area contributed by atoms with Crippen molar-refractivity contribution in [2.45, 2.75) is 69.7 Å². The van der Waals surface area contributed by atoms with Crippen molar-refractivity contribution in [1.82, 2.24) is 14.8 Å². The molecule has 176 valence electrons. The number of likely N-dealkylation sites (tertiary alicyclic amines) is 1. The molecule has 0 bridgehead atoms. The Balaban J connectivity index is 1.25. The van der Waals surface area contributed by atoms with Gasteiger partial charge in [-0.05, 0) is 68.0 Å². The molecule has 0 radical (unpaired) electrons. The highest BCUT2D eigenvalue weighted by atomic mass is 16.3. The topological polar surface area (TPSA) is 56.7 Å². The molecule has 3 aromatic rings. The molecular weight excluding hydrogens is 422 g/mol. The Hall–Kier alpha value is -2.76. The first-order valence-electron chi connectivity index (χ1n) is 12.8. The van der Waals surface area contributed by atoms with E-state index in [1.807, 2.05) is 17.2 Å². The summed E-state index contributed by atoms with van der Waals surface area (Å²) >= 11 is 0. The number of aromatic nitrogens is 1. The normalized spacial score (nSPS) is 24.0. The number of pyridine rings is 1. The summed E-state index contributed by atoms with van der Waals surface area (Å²) in [4.78, 5) is 22.7. The van der Waals surface area contributed by atoms with Crippen molar-refractivity contribution >= 4 is 16.8 Å². The third kappa shape index (κ3) is 3.91. The number of hydrogen-bond donors (Lipinski definition) is 1. The second-order valence-electron chi connectivity index (χ2n) is 10.3. The van der Waals surface area contributed by atoms with Crippen LogP contribution in [0.4, 0.5) is 0 Å². The lowest BCUT2D eigenvalue weighted by Crippen LogP contribution is -2.45. The molecule has 2 unspecified atom stereocenters. The van der Waals surface area contributed by atoms with E-state index in [4.69, 9.17) is 4.98 Å². The van der Waals surface area contributed by atoms with Crippen molar-refractivity contribution in [3.63, 3.8) is 0 Å². The maximum Gasteiger partial charge on any atom is 0.254 e. The van der Waals surface area contributed by atoms with E-state index in [1.165, 1.54) is 11.1 Å². The molecule has 1 aliphatic carbocycles. The average molecular weight is 456 g/mol. The first kappa shape index (κ1) is 21.8. The van der Waals surface area contributed by atoms with Crippen LogP contribution >= 0.6 is 0 Å². The summed E-state index contributed by atoms with van der Waals surface area (Å²) in [7, 11) is 0. The molecule has 6 rings (SSSR count). The molecular formula is C29H33N3O2. The number of hydrogen-bond acceptors (Lipinski definition) is 4. The molecule has 34 heavy (non-hydrogen) atoms. The number of nitrogens with zero attached hydrogens (tertiary/aromatic N) is 3. The molecule has 3 heterocycles. The SMILES string of the molecule is O=C1c2cc(CN3CCC(c4ccccc4)CC3)c3cccnc3c2CN1C1CCCCC1O. The van der Waals surface area contributed by atoms with Crippen LogP contribution in [-0.2, 0) is 13.1 Å². The predicted molar refractivity (Wildman–Crippen MR) is 134 cm³/mol. The minimum absolute atomic E-state index is 0.0672. The zero-order chi connectivity index (χ0) is 23.1. The van der Waals surface area contributed by atoms with Crippen LogP contribution in [0.3, 0.4) is 0 Å². The minimum Gasteiger partial charge on any atom is -0.391 e. The second-order valence-corrected chi connectivity index (χ2v) is 10.3. The lowest BCUT2D eigenvalue weighted by Gasteiger charge is -2.35. The highest BCUT2D eigenvalue weighted by Crippen LogP contribution is 2.37. The summed E-state index contributed by atoms with van der Waals surface area (Å²) in [6.07, 6.45) is 7.53. The molecule has 3 aliphatic rings. The van der Waals surface area contributed by atoms with E-state index in [1.54, 1.807) is 0 Å². The Labute approximate surface area is 201 Å². The molecule has 1 amide bonds. The van der Waals surface area contributed by atoms with Crippen LogP contribution in [0.1, 0.15) is 71.5 Å². The zero-order valence-electron chi connectivity index (χ0n) is 19.7. The van der Waals surface area contributed by atoms with Crippen LogP contribution in [0.5, 0.6) is 0 Å². The Morgan fingerprint density at radius 2 is 1.76 bits per heavy atom. The van der Waals surface area contributed by atoms with Crippen LogP contribution in [-0.4, -0.2) is 51.0 Å². The minimum atomic E-state index is -0.420. The van der Waals surface area contributed by atoms with Gasteiger partial charge in [0.2, 0.25) is 0 Å². The maximum atomic E-state index is 13.5. The largest absolute Gasteiger partial charge is 0.391 e. The zero-order valence-corrected chi connectivity index (χ0v) is 19.7. The highest BCUT2D eigenvalue weighted by molar-refractivity contribution is 6.04. The van der Waals surface area contributed by atoms with Gasteiger partial charge in [0.25, 0.3) is 5.91 Å². The fraction of sp³-hybridized carbons (Fsp3) is 0.448. The highest BCUT2D eigenvalue weighted by Gasteiger charge is 2.38. The van der Waals surface area contributed by atoms with Gasteiger partial charge in [0.1, 0.15) is 0 Å². The first-order chi connectivity index (χ1) is 16.7. The van der Waals surface area contributed by atoms with Crippen LogP contribution < -0.4 is 0 Å². The van der Waals surface area contributed by atoms with E-state index in [0.29, 0.717) is 12.5 Å². The van der Waals surface area contributed by atoms with Gasteiger partial charge in [-0.15, -0.1) is 0 Å². The number of fused-ring (bicyclic) bond motifs is 3. The Morgan fingerprint density at radius 3 is 2.56 bits per heavy atom. The van der Waals surface area contributed by atoms with E-state index < -0.39 is 6.10 Å². The maximum absolute atomic E-state index is 13.5. The number of carbonyl (C=O) groups is 1. The van der Waals surface area contributed by atoms with Gasteiger partial charge in [0.15, 0.2) is 0 Å². The van der Waals surface area contributed by atoms with Crippen LogP contribution in [0.15, 0.2) is 54.7 Å². The van der Waals surface area contributed by atoms with Crippen LogP contribution in [0.25, 0.3) is 10.9 Å². The molecule has 5 heteroatoms. The molecule has 1 N–H and O–H groups in total. The third-order valence-electron chi connectivity index (χ3n) is 8.25. The van der Waals surface area contributed by atoms with Gasteiger partial charge in [-0.25, -0.2) is 0 Å². The number of aliphatic hydroxyl groups excluding tert-OH is 1. The third-order valence-corrected chi connectivity index (χ3v) is 8.25. The standard InChI is InChI=1S/C29H33N3O2/c33-27-11-5-4-10-26(27)32-19-25-24(29(32)34)17-22(23-9-6-14-30-28(23)25)18-31-15-12-21(13-16-31)20-7-2-1-3-8-20/h1-3,6-9,14,17,21,26-27,33H,4-5,10-13,15-16,18-19H2. The number of benzene rings is 2. The molecule has 2 fully saturated rings. The van der Waals surface area contributed by atoms with E-state index >= 15 is 0 Å². The summed E-state index contributed by atoms with van der Waals surface area (Å²) in [5.41, 5.74) is 5.42. The molecule has 2 aromatic carbocycles. The molecule has 1 aromatic heterocycles. The molecule has 2 aliphatic heterocycles. The van der Waals surface area contributed by atoms with Crippen molar-refractivity contribution in [3.8, 4) is 0 Å². The lowest BCUT2D eigenvalue weighted by atomic mass is 9.89. The summed E-state index contributed by atoms with van der Waals surface area (Å²) in [5, 5.41) is 11.8. The second kappa shape index (κ2) is 9.12. The fourth-order valence-corrected chi connectivity index (χ4v) is 6.36.